The average Bonchev–Trinajstić information content (AvgIpc) is 2.34. The van der Waals surface area contributed by atoms with Crippen LogP contribution >= 0.6 is 0 Å². The average molecular weight is 413 g/mol. The Morgan fingerprint density at radius 1 is 0.593 bits per heavy atom. The van der Waals surface area contributed by atoms with Gasteiger partial charge in [-0.25, -0.2) is 0 Å². The third kappa shape index (κ3) is 13.9. The molecule has 2 rings (SSSR count). The van der Waals surface area contributed by atoms with Gasteiger partial charge in [0.15, 0.2) is 0 Å². The van der Waals surface area contributed by atoms with Gasteiger partial charge >= 0.3 is 178 Å². The fraction of sp³-hybridized carbons (Fsp3) is 0. The Bertz CT molecular complexity index is 332. The summed E-state index contributed by atoms with van der Waals surface area (Å²) in [5, 5.41) is 22.2. The van der Waals surface area contributed by atoms with Gasteiger partial charge in [0.2, 0.25) is 0 Å². The van der Waals surface area contributed by atoms with Crippen LogP contribution in [0.3, 0.4) is 0 Å². The van der Waals surface area contributed by atoms with Crippen LogP contribution in [0.4, 0.5) is 0 Å². The normalized spacial score (nSPS) is 15.5. The number of fused-ring (bicyclic) bond motifs is 2. The second-order valence-electron chi connectivity index (χ2n) is 3.15. The summed E-state index contributed by atoms with van der Waals surface area (Å²) < 4.78 is 61.3. The molecule has 17 nitrogen and oxygen atoms in total. The van der Waals surface area contributed by atoms with E-state index in [2.05, 4.69) is 22.9 Å². The minimum absolute atomic E-state index is 0. The van der Waals surface area contributed by atoms with Crippen LogP contribution in [0, 0.1) is 0 Å². The van der Waals surface area contributed by atoms with Crippen molar-refractivity contribution in [2.45, 2.75) is 0 Å². The van der Waals surface area contributed by atoms with E-state index < -0.39 is 43.9 Å². The number of hydrogen-bond acceptors (Lipinski definition) is 13. The topological polar surface area (TPSA) is 289 Å². The van der Waals surface area contributed by atoms with Crippen molar-refractivity contribution in [2.75, 3.05) is 0 Å². The van der Waals surface area contributed by atoms with Crippen molar-refractivity contribution in [1.29, 1.82) is 0 Å². The maximum absolute atomic E-state index is 11.1. The fourth-order valence-electron chi connectivity index (χ4n) is 1.17. The Hall–Kier alpha value is 1.20. The van der Waals surface area contributed by atoms with Gasteiger partial charge in [-0.1, -0.05) is 0 Å². The zero-order chi connectivity index (χ0) is 15.2. The summed E-state index contributed by atoms with van der Waals surface area (Å²) in [6.45, 7) is 0. The van der Waals surface area contributed by atoms with E-state index >= 15 is 0 Å². The first-order valence-corrected chi connectivity index (χ1v) is 5.19. The minimum Gasteiger partial charge on any atom is 1.00 e. The van der Waals surface area contributed by atoms with Crippen LogP contribution in [0.2, 0.25) is 0 Å². The maximum Gasteiger partial charge on any atom is 1.00 e. The molecule has 27 heavy (non-hydrogen) atoms. The standard InChI is InChI=1S/B8O13.2Na.4H2O/c9-1-13-5-18-6(14-2-10)20-8-17-4(12)15-3(11)16-7(19-5)21-8;;;;;;/h;;;4*1H2/q-2;2*+1;;;;. The van der Waals surface area contributed by atoms with Crippen molar-refractivity contribution in [3.8, 4) is 0 Å². The molecule has 2 aliphatic heterocycles. The summed E-state index contributed by atoms with van der Waals surface area (Å²) in [6.07, 6.45) is 0. The largest absolute Gasteiger partial charge is 1.00 e. The van der Waals surface area contributed by atoms with Gasteiger partial charge in [0.1, 0.15) is 0 Å². The molecule has 0 aromatic rings. The van der Waals surface area contributed by atoms with E-state index in [1.165, 1.54) is 0 Å². The van der Waals surface area contributed by atoms with Crippen LogP contribution in [-0.2, 0) is 50.6 Å². The van der Waals surface area contributed by atoms with Gasteiger partial charge in [-0.3, -0.25) is 0 Å². The van der Waals surface area contributed by atoms with Crippen LogP contribution < -0.4 is 69.2 Å². The second-order valence-corrected chi connectivity index (χ2v) is 3.15. The molecule has 136 valence electrons. The van der Waals surface area contributed by atoms with E-state index in [0.29, 0.717) is 0 Å². The van der Waals surface area contributed by atoms with Gasteiger partial charge < -0.3 is 21.9 Å². The molecule has 0 radical (unpaired) electrons. The van der Waals surface area contributed by atoms with Crippen LogP contribution in [0.25, 0.3) is 0 Å². The van der Waals surface area contributed by atoms with E-state index in [9.17, 15) is 19.5 Å². The Balaban J connectivity index is -0.000000269. The van der Waals surface area contributed by atoms with E-state index in [0.717, 1.165) is 0 Å². The Morgan fingerprint density at radius 3 is 1.30 bits per heavy atom. The summed E-state index contributed by atoms with van der Waals surface area (Å²) in [4.78, 5) is 0. The first-order valence-electron chi connectivity index (χ1n) is 5.19. The van der Waals surface area contributed by atoms with Crippen molar-refractivity contribution in [2.24, 2.45) is 0 Å². The Kier molecular flexibility index (Phi) is 29.4. The molecule has 0 atom stereocenters. The molecule has 2 fully saturated rings. The molecule has 2 heterocycles. The van der Waals surface area contributed by atoms with Crippen molar-refractivity contribution in [1.82, 2.24) is 0 Å². The van der Waals surface area contributed by atoms with Crippen LogP contribution in [0.1, 0.15) is 0 Å². The smallest absolute Gasteiger partial charge is 1.00 e. The summed E-state index contributed by atoms with van der Waals surface area (Å²) in [7, 11) is -12.0. The SMILES string of the molecule is O.O.O.O.O=BOB1OB(OB=O)OB2OB([O-])OB([O-])OB(O1)O2.[Na+].[Na+]. The van der Waals surface area contributed by atoms with E-state index in [-0.39, 0.29) is 95.7 Å². The maximum atomic E-state index is 11.1. The predicted molar refractivity (Wildman–Crippen MR) is 71.6 cm³/mol. The minimum atomic E-state index is -2.31. The zero-order valence-corrected chi connectivity index (χ0v) is 17.9. The molecule has 0 saturated carbocycles. The van der Waals surface area contributed by atoms with Crippen molar-refractivity contribution in [3.63, 3.8) is 0 Å². The van der Waals surface area contributed by atoms with Crippen molar-refractivity contribution < 1.29 is 142 Å². The molecule has 27 heteroatoms. The molecule has 0 spiro atoms. The molecule has 2 saturated heterocycles. The van der Waals surface area contributed by atoms with Crippen LogP contribution in [-0.4, -0.2) is 80.5 Å². The van der Waals surface area contributed by atoms with Gasteiger partial charge in [-0.15, -0.1) is 0 Å². The first-order chi connectivity index (χ1) is 10.1. The number of hydrogen-bond donors (Lipinski definition) is 0. The zero-order valence-electron chi connectivity index (χ0n) is 13.9. The summed E-state index contributed by atoms with van der Waals surface area (Å²) in [5.74, 6) is 0. The van der Waals surface area contributed by atoms with Crippen molar-refractivity contribution in [3.05, 3.63) is 0 Å². The molecule has 2 bridgehead atoms. The molecule has 0 aromatic heterocycles. The molecule has 0 unspecified atom stereocenters. The fourth-order valence-corrected chi connectivity index (χ4v) is 1.17. The van der Waals surface area contributed by atoms with Crippen molar-refractivity contribution >= 4 is 58.6 Å². The first kappa shape index (κ1) is 38.8. The predicted octanol–water partition coefficient (Wildman–Crippen LogP) is -15.6. The van der Waals surface area contributed by atoms with Gasteiger partial charge in [-0.2, -0.15) is 0 Å². The summed E-state index contributed by atoms with van der Waals surface area (Å²) >= 11 is 0. The second kappa shape index (κ2) is 20.5. The van der Waals surface area contributed by atoms with Gasteiger partial charge in [0.05, 0.1) is 0 Å². The third-order valence-electron chi connectivity index (χ3n) is 1.89. The Labute approximate surface area is 199 Å². The third-order valence-corrected chi connectivity index (χ3v) is 1.89. The van der Waals surface area contributed by atoms with E-state index in [4.69, 9.17) is 18.3 Å². The molecule has 0 aromatic carbocycles. The Morgan fingerprint density at radius 2 is 0.963 bits per heavy atom. The quantitative estimate of drug-likeness (QED) is 0.387. The molecule has 2 aliphatic rings. The molecular formula is H8B8Na2O17. The molecule has 0 amide bonds. The van der Waals surface area contributed by atoms with Crippen LogP contribution in [0.15, 0.2) is 0 Å². The monoisotopic (exact) mass is 414 g/mol. The van der Waals surface area contributed by atoms with Gasteiger partial charge in [-0.05, 0) is 0 Å². The summed E-state index contributed by atoms with van der Waals surface area (Å²) in [5.41, 5.74) is 0. The molecular weight excluding hydrogens is 404 g/mol. The molecule has 8 N–H and O–H groups in total. The van der Waals surface area contributed by atoms with Gasteiger partial charge in [0, 0.05) is 0 Å². The van der Waals surface area contributed by atoms with E-state index in [1.54, 1.807) is 0 Å². The van der Waals surface area contributed by atoms with Gasteiger partial charge in [0.25, 0.3) is 0 Å². The number of rotatable bonds is 4. The van der Waals surface area contributed by atoms with E-state index in [1.807, 2.05) is 0 Å². The molecule has 0 aliphatic carbocycles. The van der Waals surface area contributed by atoms with Crippen LogP contribution in [0.5, 0.6) is 0 Å². The summed E-state index contributed by atoms with van der Waals surface area (Å²) in [6, 6.07) is 0.